The number of hydrogen-bond acceptors (Lipinski definition) is 2. The van der Waals surface area contributed by atoms with Crippen molar-refractivity contribution < 1.29 is 26.3 Å². The zero-order valence-corrected chi connectivity index (χ0v) is 30.9. The van der Waals surface area contributed by atoms with Gasteiger partial charge in [0.1, 0.15) is 0 Å². The van der Waals surface area contributed by atoms with Crippen molar-refractivity contribution in [3.05, 3.63) is 42.8 Å². The van der Waals surface area contributed by atoms with Crippen LogP contribution in [0.3, 0.4) is 0 Å². The van der Waals surface area contributed by atoms with Gasteiger partial charge in [-0.1, -0.05) is 129 Å². The first-order valence-electron chi connectivity index (χ1n) is 18.5. The minimum atomic E-state index is -5.51. The smallest absolute Gasteiger partial charge is 0.194 e. The molecule has 0 aromatic carbocycles. The third-order valence-corrected chi connectivity index (χ3v) is 11.9. The molecule has 1 aliphatic rings. The molecule has 0 N–H and O–H groups in total. The third kappa shape index (κ3) is 10.4. The Morgan fingerprint density at radius 2 is 0.723 bits per heavy atom. The Balaban J connectivity index is 1.68. The zero-order chi connectivity index (χ0) is 34.5. The molecule has 0 amide bonds. The molecule has 1 aliphatic carbocycles. The molecule has 2 aromatic heterocycles. The van der Waals surface area contributed by atoms with E-state index in [-0.39, 0.29) is 11.1 Å². The second kappa shape index (κ2) is 19.2. The van der Waals surface area contributed by atoms with Crippen LogP contribution in [-0.2, 0) is 12.8 Å². The van der Waals surface area contributed by atoms with Crippen LogP contribution < -0.4 is 0 Å². The summed E-state index contributed by atoms with van der Waals surface area (Å²) in [5, 5.41) is 0. The Hall–Kier alpha value is -1.28. The third-order valence-electron chi connectivity index (χ3n) is 9.70. The Labute approximate surface area is 288 Å². The van der Waals surface area contributed by atoms with Crippen LogP contribution in [-0.4, -0.2) is 17.8 Å². The van der Waals surface area contributed by atoms with Crippen LogP contribution >= 0.6 is 22.7 Å². The highest BCUT2D eigenvalue weighted by atomic mass is 32.1. The van der Waals surface area contributed by atoms with Crippen molar-refractivity contribution in [3.8, 4) is 0 Å². The zero-order valence-electron chi connectivity index (χ0n) is 29.3. The Bertz CT molecular complexity index is 1150. The van der Waals surface area contributed by atoms with Crippen LogP contribution in [0.2, 0.25) is 0 Å². The predicted octanol–water partition coefficient (Wildman–Crippen LogP) is 15.2. The summed E-state index contributed by atoms with van der Waals surface area (Å²) in [7, 11) is 0. The molecule has 0 radical (unpaired) electrons. The minimum Gasteiger partial charge on any atom is -0.194 e. The number of allylic oxidation sites excluding steroid dienone is 2. The lowest BCUT2D eigenvalue weighted by Crippen LogP contribution is -2.48. The quantitative estimate of drug-likeness (QED) is 0.0754. The molecule has 268 valence electrons. The number of hydrogen-bond donors (Lipinski definition) is 0. The van der Waals surface area contributed by atoms with E-state index < -0.39 is 28.9 Å². The topological polar surface area (TPSA) is 0 Å². The lowest BCUT2D eigenvalue weighted by atomic mass is 9.94. The molecule has 0 nitrogen and oxygen atoms in total. The van der Waals surface area contributed by atoms with Gasteiger partial charge in [0.15, 0.2) is 0 Å². The summed E-state index contributed by atoms with van der Waals surface area (Å²) >= 11 is 2.51. The fraction of sp³-hybridized carbons (Fsp3) is 0.744. The maximum atomic E-state index is 15.5. The van der Waals surface area contributed by atoms with Gasteiger partial charge in [0.25, 0.3) is 0 Å². The first kappa shape index (κ1) is 40.2. The highest BCUT2D eigenvalue weighted by molar-refractivity contribution is 7.12. The molecule has 0 saturated carbocycles. The fourth-order valence-corrected chi connectivity index (χ4v) is 9.01. The summed E-state index contributed by atoms with van der Waals surface area (Å²) in [6.07, 6.45) is 24.6. The summed E-state index contributed by atoms with van der Waals surface area (Å²) in [6.45, 7) is 7.57. The summed E-state index contributed by atoms with van der Waals surface area (Å²) in [6, 6.07) is 2.95. The van der Waals surface area contributed by atoms with Gasteiger partial charge in [0.05, 0.1) is 0 Å². The van der Waals surface area contributed by atoms with Crippen molar-refractivity contribution in [1.82, 2.24) is 0 Å². The van der Waals surface area contributed by atoms with Crippen molar-refractivity contribution >= 4 is 33.8 Å². The van der Waals surface area contributed by atoms with Gasteiger partial charge in [-0.15, -0.1) is 22.7 Å². The SMILES string of the molecule is CCCCCCCCCCCCc1cc(C2=C(c3cc(CCCCCCCCCCCC)sc3C)C(F)(F)C(F)(F)C2(F)F)c(C)s1. The van der Waals surface area contributed by atoms with Crippen molar-refractivity contribution in [2.75, 3.05) is 0 Å². The molecular formula is C39H58F6S2. The number of alkyl halides is 6. The van der Waals surface area contributed by atoms with Gasteiger partial charge >= 0.3 is 17.8 Å². The van der Waals surface area contributed by atoms with Crippen LogP contribution in [0.1, 0.15) is 173 Å². The molecule has 2 heterocycles. The average Bonchev–Trinajstić information content (AvgIpc) is 3.60. The lowest BCUT2D eigenvalue weighted by Gasteiger charge is -2.25. The van der Waals surface area contributed by atoms with E-state index in [2.05, 4.69) is 13.8 Å². The standard InChI is InChI=1S/C39H58F6S2/c1-5-7-9-11-13-15-17-19-21-23-25-31-27-33(29(3)46-31)35-36(38(42,43)39(44,45)37(35,40)41)34-28-32(47-30(34)4)26-24-22-20-18-16-14-12-10-8-6-2/h27-28H,5-26H2,1-4H3. The molecule has 0 bridgehead atoms. The van der Waals surface area contributed by atoms with Gasteiger partial charge in [0.2, 0.25) is 0 Å². The molecule has 0 spiro atoms. The molecule has 0 aliphatic heterocycles. The summed E-state index contributed by atoms with van der Waals surface area (Å²) < 4.78 is 92.0. The van der Waals surface area contributed by atoms with Gasteiger partial charge in [-0.2, -0.15) is 26.3 Å². The molecule has 47 heavy (non-hydrogen) atoms. The van der Waals surface area contributed by atoms with Crippen LogP contribution in [0.25, 0.3) is 11.1 Å². The highest BCUT2D eigenvalue weighted by Gasteiger charge is 2.80. The fourth-order valence-electron chi connectivity index (χ4n) is 6.84. The largest absolute Gasteiger partial charge is 0.380 e. The lowest BCUT2D eigenvalue weighted by molar-refractivity contribution is -0.254. The van der Waals surface area contributed by atoms with Crippen molar-refractivity contribution in [1.29, 1.82) is 0 Å². The molecule has 0 fully saturated rings. The van der Waals surface area contributed by atoms with E-state index in [0.717, 1.165) is 61.1 Å². The van der Waals surface area contributed by atoms with Crippen LogP contribution in [0.4, 0.5) is 26.3 Å². The van der Waals surface area contributed by atoms with E-state index in [9.17, 15) is 8.78 Å². The van der Waals surface area contributed by atoms with Gasteiger partial charge < -0.3 is 0 Å². The van der Waals surface area contributed by atoms with Crippen molar-refractivity contribution in [2.45, 2.75) is 187 Å². The highest BCUT2D eigenvalue weighted by Crippen LogP contribution is 2.65. The van der Waals surface area contributed by atoms with Crippen molar-refractivity contribution in [2.24, 2.45) is 0 Å². The normalized spacial score (nSPS) is 16.9. The maximum absolute atomic E-state index is 15.5. The Kier molecular flexibility index (Phi) is 16.4. The number of rotatable bonds is 24. The maximum Gasteiger partial charge on any atom is 0.380 e. The molecular weight excluding hydrogens is 647 g/mol. The molecule has 2 aromatic rings. The number of halogens is 6. The summed E-state index contributed by atoms with van der Waals surface area (Å²) in [5.74, 6) is -15.5. The predicted molar refractivity (Wildman–Crippen MR) is 191 cm³/mol. The van der Waals surface area contributed by atoms with E-state index in [1.807, 2.05) is 0 Å². The Morgan fingerprint density at radius 1 is 0.447 bits per heavy atom. The number of thiophene rings is 2. The molecule has 0 saturated heterocycles. The first-order valence-corrected chi connectivity index (χ1v) is 20.1. The van der Waals surface area contributed by atoms with E-state index >= 15 is 17.6 Å². The van der Waals surface area contributed by atoms with E-state index in [4.69, 9.17) is 0 Å². The summed E-state index contributed by atoms with van der Waals surface area (Å²) in [4.78, 5) is 2.32. The number of unbranched alkanes of at least 4 members (excludes halogenated alkanes) is 18. The van der Waals surface area contributed by atoms with E-state index in [1.165, 1.54) is 112 Å². The monoisotopic (exact) mass is 704 g/mol. The van der Waals surface area contributed by atoms with Gasteiger partial charge in [0, 0.05) is 30.7 Å². The minimum absolute atomic E-state index is 0.157. The average molecular weight is 705 g/mol. The summed E-state index contributed by atoms with van der Waals surface area (Å²) in [5.41, 5.74) is -2.70. The molecule has 0 atom stereocenters. The molecule has 3 rings (SSSR count). The molecule has 0 unspecified atom stereocenters. The van der Waals surface area contributed by atoms with Gasteiger partial charge in [-0.25, -0.2) is 0 Å². The van der Waals surface area contributed by atoms with Gasteiger partial charge in [-0.05, 0) is 62.8 Å². The van der Waals surface area contributed by atoms with E-state index in [0.29, 0.717) is 22.6 Å². The molecule has 8 heteroatoms. The van der Waals surface area contributed by atoms with Crippen molar-refractivity contribution in [3.63, 3.8) is 0 Å². The van der Waals surface area contributed by atoms with Crippen LogP contribution in [0.5, 0.6) is 0 Å². The van der Waals surface area contributed by atoms with E-state index in [1.54, 1.807) is 13.8 Å². The van der Waals surface area contributed by atoms with Gasteiger partial charge in [-0.3, -0.25) is 0 Å². The second-order valence-corrected chi connectivity index (χ2v) is 16.4. The van der Waals surface area contributed by atoms with Crippen LogP contribution in [0, 0.1) is 13.8 Å². The Morgan fingerprint density at radius 3 is 1.02 bits per heavy atom. The second-order valence-electron chi connectivity index (χ2n) is 13.7. The van der Waals surface area contributed by atoms with Crippen LogP contribution in [0.15, 0.2) is 12.1 Å². The first-order chi connectivity index (χ1) is 22.4. The number of aryl methyl sites for hydroxylation is 4.